The third-order valence-corrected chi connectivity index (χ3v) is 3.66. The number of amides is 2. The molecule has 0 saturated carbocycles. The number of nitrogens with zero attached hydrogens (tertiary/aromatic N) is 2. The fraction of sp³-hybridized carbons (Fsp3) is 0.467. The monoisotopic (exact) mass is 290 g/mol. The van der Waals surface area contributed by atoms with Crippen LogP contribution in [0.15, 0.2) is 24.3 Å². The number of nitrogens with one attached hydrogen (secondary N) is 2. The highest BCUT2D eigenvalue weighted by molar-refractivity contribution is 5.98. The molecule has 1 aromatic rings. The number of hydrogen-bond donors (Lipinski definition) is 2. The van der Waals surface area contributed by atoms with E-state index in [0.717, 1.165) is 5.69 Å². The Kier molecular flexibility index (Phi) is 4.80. The molecule has 0 spiro atoms. The summed E-state index contributed by atoms with van der Waals surface area (Å²) >= 11 is 0. The molecule has 0 aliphatic carbocycles. The van der Waals surface area contributed by atoms with E-state index in [4.69, 9.17) is 0 Å². The number of piperazine rings is 1. The predicted octanol–water partition coefficient (Wildman–Crippen LogP) is -0.0874. The highest BCUT2D eigenvalue weighted by atomic mass is 16.2. The predicted molar refractivity (Wildman–Crippen MR) is 82.5 cm³/mol. The van der Waals surface area contributed by atoms with Gasteiger partial charge in [-0.2, -0.15) is 0 Å². The van der Waals surface area contributed by atoms with Crippen LogP contribution in [-0.2, 0) is 4.79 Å². The number of benzene rings is 1. The zero-order chi connectivity index (χ0) is 15.4. The van der Waals surface area contributed by atoms with E-state index in [9.17, 15) is 9.59 Å². The van der Waals surface area contributed by atoms with E-state index in [-0.39, 0.29) is 11.8 Å². The third-order valence-electron chi connectivity index (χ3n) is 3.66. The summed E-state index contributed by atoms with van der Waals surface area (Å²) in [5.41, 5.74) is 1.57. The molecule has 1 aliphatic rings. The summed E-state index contributed by atoms with van der Waals surface area (Å²) in [6, 6.07) is 6.99. The molecule has 1 fully saturated rings. The van der Waals surface area contributed by atoms with Gasteiger partial charge in [0, 0.05) is 52.0 Å². The van der Waals surface area contributed by atoms with Gasteiger partial charge in [0.25, 0.3) is 5.91 Å². The molecule has 0 radical (unpaired) electrons. The Labute approximate surface area is 125 Å². The summed E-state index contributed by atoms with van der Waals surface area (Å²) < 4.78 is 0. The molecule has 1 saturated heterocycles. The second-order valence-electron chi connectivity index (χ2n) is 5.28. The van der Waals surface area contributed by atoms with Crippen molar-refractivity contribution < 1.29 is 9.59 Å². The summed E-state index contributed by atoms with van der Waals surface area (Å²) in [6.07, 6.45) is 0. The number of carbonyl (C=O) groups excluding carboxylic acids is 2. The molecule has 114 valence electrons. The first-order valence-corrected chi connectivity index (χ1v) is 7.05. The molecule has 0 aromatic heterocycles. The van der Waals surface area contributed by atoms with Crippen LogP contribution in [0.2, 0.25) is 0 Å². The smallest absolute Gasteiger partial charge is 0.254 e. The zero-order valence-electron chi connectivity index (χ0n) is 12.7. The molecular formula is C15H22N4O2. The lowest BCUT2D eigenvalue weighted by atomic mass is 10.1. The van der Waals surface area contributed by atoms with Gasteiger partial charge < -0.3 is 20.4 Å². The van der Waals surface area contributed by atoms with Crippen LogP contribution in [0, 0.1) is 0 Å². The summed E-state index contributed by atoms with van der Waals surface area (Å²) in [6.45, 7) is 1.72. The highest BCUT2D eigenvalue weighted by Gasteiger charge is 2.32. The number of hydrogen-bond acceptors (Lipinski definition) is 4. The van der Waals surface area contributed by atoms with Gasteiger partial charge in [0.15, 0.2) is 0 Å². The second-order valence-corrected chi connectivity index (χ2v) is 5.28. The largest absolute Gasteiger partial charge is 0.378 e. The molecule has 0 unspecified atom stereocenters. The van der Waals surface area contributed by atoms with Crippen molar-refractivity contribution >= 4 is 17.5 Å². The number of rotatable bonds is 3. The summed E-state index contributed by atoms with van der Waals surface area (Å²) in [4.78, 5) is 28.2. The Bertz CT molecular complexity index is 530. The summed E-state index contributed by atoms with van der Waals surface area (Å²) in [7, 11) is 5.45. The van der Waals surface area contributed by atoms with Crippen LogP contribution in [0.3, 0.4) is 0 Å². The lowest BCUT2D eigenvalue weighted by Gasteiger charge is -2.35. The van der Waals surface area contributed by atoms with Crippen LogP contribution in [0.1, 0.15) is 10.4 Å². The quantitative estimate of drug-likeness (QED) is 0.817. The van der Waals surface area contributed by atoms with Gasteiger partial charge in [-0.3, -0.25) is 9.59 Å². The standard InChI is InChI=1S/C15H22N4O2/c1-16-14(20)13-10-17-7-8-19(13)15(21)11-5-4-6-12(9-11)18(2)3/h4-6,9,13,17H,7-8,10H2,1-3H3,(H,16,20)/t13-/m1/s1. The normalized spacial score (nSPS) is 18.2. The Balaban J connectivity index is 2.24. The molecule has 2 N–H and O–H groups in total. The van der Waals surface area contributed by atoms with Gasteiger partial charge in [0.2, 0.25) is 5.91 Å². The minimum absolute atomic E-state index is 0.103. The van der Waals surface area contributed by atoms with Crippen LogP contribution in [0.4, 0.5) is 5.69 Å². The molecular weight excluding hydrogens is 268 g/mol. The first-order valence-electron chi connectivity index (χ1n) is 7.05. The molecule has 1 aliphatic heterocycles. The van der Waals surface area contributed by atoms with Crippen molar-refractivity contribution in [3.63, 3.8) is 0 Å². The fourth-order valence-electron chi connectivity index (χ4n) is 2.43. The van der Waals surface area contributed by atoms with Gasteiger partial charge in [-0.1, -0.05) is 6.07 Å². The van der Waals surface area contributed by atoms with Crippen molar-refractivity contribution in [1.82, 2.24) is 15.5 Å². The summed E-state index contributed by atoms with van der Waals surface area (Å²) in [5, 5.41) is 5.77. The molecule has 0 bridgehead atoms. The first-order chi connectivity index (χ1) is 10.0. The minimum atomic E-state index is -0.459. The maximum Gasteiger partial charge on any atom is 0.254 e. The van der Waals surface area contributed by atoms with E-state index in [1.165, 1.54) is 0 Å². The van der Waals surface area contributed by atoms with E-state index in [1.54, 1.807) is 18.0 Å². The number of anilines is 1. The fourth-order valence-corrected chi connectivity index (χ4v) is 2.43. The van der Waals surface area contributed by atoms with Crippen LogP contribution in [-0.4, -0.2) is 63.5 Å². The molecule has 2 amide bonds. The number of carbonyl (C=O) groups is 2. The lowest BCUT2D eigenvalue weighted by Crippen LogP contribution is -2.59. The molecule has 2 rings (SSSR count). The van der Waals surface area contributed by atoms with Gasteiger partial charge in [-0.15, -0.1) is 0 Å². The lowest BCUT2D eigenvalue weighted by molar-refractivity contribution is -0.125. The Morgan fingerprint density at radius 1 is 1.38 bits per heavy atom. The average Bonchev–Trinajstić information content (AvgIpc) is 2.53. The maximum atomic E-state index is 12.7. The van der Waals surface area contributed by atoms with Crippen molar-refractivity contribution in [2.24, 2.45) is 0 Å². The molecule has 1 heterocycles. The minimum Gasteiger partial charge on any atom is -0.378 e. The van der Waals surface area contributed by atoms with Crippen molar-refractivity contribution in [2.75, 3.05) is 45.7 Å². The highest BCUT2D eigenvalue weighted by Crippen LogP contribution is 2.17. The Morgan fingerprint density at radius 3 is 2.81 bits per heavy atom. The third kappa shape index (κ3) is 3.33. The van der Waals surface area contributed by atoms with Gasteiger partial charge in [0.05, 0.1) is 0 Å². The van der Waals surface area contributed by atoms with Gasteiger partial charge in [-0.05, 0) is 18.2 Å². The molecule has 1 aromatic carbocycles. The average molecular weight is 290 g/mol. The van der Waals surface area contributed by atoms with Crippen molar-refractivity contribution in [1.29, 1.82) is 0 Å². The second kappa shape index (κ2) is 6.58. The van der Waals surface area contributed by atoms with Crippen LogP contribution >= 0.6 is 0 Å². The molecule has 21 heavy (non-hydrogen) atoms. The molecule has 6 nitrogen and oxygen atoms in total. The van der Waals surface area contributed by atoms with E-state index in [1.807, 2.05) is 37.2 Å². The maximum absolute atomic E-state index is 12.7. The van der Waals surface area contributed by atoms with Gasteiger partial charge in [-0.25, -0.2) is 0 Å². The SMILES string of the molecule is CNC(=O)[C@H]1CNCCN1C(=O)c1cccc(N(C)C)c1. The van der Waals surface area contributed by atoms with Crippen LogP contribution in [0.5, 0.6) is 0 Å². The van der Waals surface area contributed by atoms with Crippen LogP contribution in [0.25, 0.3) is 0 Å². The topological polar surface area (TPSA) is 64.7 Å². The summed E-state index contributed by atoms with van der Waals surface area (Å²) in [5.74, 6) is -0.242. The van der Waals surface area contributed by atoms with Crippen molar-refractivity contribution in [3.8, 4) is 0 Å². The Morgan fingerprint density at radius 2 is 2.14 bits per heavy atom. The van der Waals surface area contributed by atoms with E-state index >= 15 is 0 Å². The zero-order valence-corrected chi connectivity index (χ0v) is 12.7. The van der Waals surface area contributed by atoms with Crippen molar-refractivity contribution in [3.05, 3.63) is 29.8 Å². The van der Waals surface area contributed by atoms with Gasteiger partial charge >= 0.3 is 0 Å². The van der Waals surface area contributed by atoms with Crippen molar-refractivity contribution in [2.45, 2.75) is 6.04 Å². The Hall–Kier alpha value is -2.08. The number of likely N-dealkylation sites (N-methyl/N-ethyl adjacent to an activating group) is 1. The van der Waals surface area contributed by atoms with E-state index < -0.39 is 6.04 Å². The van der Waals surface area contributed by atoms with E-state index in [0.29, 0.717) is 25.2 Å². The van der Waals surface area contributed by atoms with Gasteiger partial charge in [0.1, 0.15) is 6.04 Å². The molecule has 6 heteroatoms. The molecule has 1 atom stereocenters. The van der Waals surface area contributed by atoms with E-state index in [2.05, 4.69) is 10.6 Å². The van der Waals surface area contributed by atoms with Crippen LogP contribution < -0.4 is 15.5 Å². The first kappa shape index (κ1) is 15.3.